The molecular weight excluding hydrogens is 344 g/mol. The highest BCUT2D eigenvalue weighted by molar-refractivity contribution is 8.03. The van der Waals surface area contributed by atoms with Crippen LogP contribution in [0.3, 0.4) is 0 Å². The number of nitrogens with two attached hydrogens (primary N) is 1. The molecule has 0 radical (unpaired) electrons. The predicted molar refractivity (Wildman–Crippen MR) is 87.1 cm³/mol. The van der Waals surface area contributed by atoms with Crippen LogP contribution in [0, 0.1) is 0 Å². The fourth-order valence-corrected chi connectivity index (χ4v) is 4.70. The van der Waals surface area contributed by atoms with Gasteiger partial charge in [0.25, 0.3) is 0 Å². The number of hydrogen-bond donors (Lipinski definition) is 1. The molecule has 1 fully saturated rings. The minimum absolute atomic E-state index is 0.0658. The van der Waals surface area contributed by atoms with Gasteiger partial charge in [-0.1, -0.05) is 34.9 Å². The molecule has 0 aromatic carbocycles. The van der Waals surface area contributed by atoms with Crippen LogP contribution in [0.15, 0.2) is 8.68 Å². The summed E-state index contributed by atoms with van der Waals surface area (Å²) < 4.78 is 7.02. The molecule has 1 aliphatic heterocycles. The molecule has 0 bridgehead atoms. The first kappa shape index (κ1) is 17.5. The van der Waals surface area contributed by atoms with Gasteiger partial charge in [0.05, 0.1) is 23.7 Å². The molecule has 7 nitrogen and oxygen atoms in total. The van der Waals surface area contributed by atoms with E-state index in [0.29, 0.717) is 23.2 Å². The first-order valence-electron chi connectivity index (χ1n) is 6.74. The topological polar surface area (TPSA) is 98.4 Å². The third-order valence-electron chi connectivity index (χ3n) is 2.82. The molecule has 2 unspecified atom stereocenters. The van der Waals surface area contributed by atoms with Crippen molar-refractivity contribution in [3.63, 3.8) is 0 Å². The number of ether oxygens (including phenoxy) is 1. The van der Waals surface area contributed by atoms with Gasteiger partial charge in [0.15, 0.2) is 8.68 Å². The average Bonchev–Trinajstić information content (AvgIpc) is 2.89. The number of aromatic nitrogens is 2. The summed E-state index contributed by atoms with van der Waals surface area (Å²) in [6.45, 7) is 5.19. The SMILES string of the molecule is CC1CN(C(=O)CSc2nnc(SCC(N)=O)s2)CC(C)O1. The van der Waals surface area contributed by atoms with Gasteiger partial charge in [-0.05, 0) is 13.8 Å². The molecule has 10 heteroatoms. The lowest BCUT2D eigenvalue weighted by Crippen LogP contribution is -2.48. The van der Waals surface area contributed by atoms with Gasteiger partial charge in [0, 0.05) is 13.1 Å². The number of hydrogen-bond acceptors (Lipinski definition) is 8. The Bertz CT molecular complexity index is 529. The number of rotatable bonds is 6. The van der Waals surface area contributed by atoms with Crippen LogP contribution in [-0.2, 0) is 14.3 Å². The van der Waals surface area contributed by atoms with Gasteiger partial charge >= 0.3 is 0 Å². The quantitative estimate of drug-likeness (QED) is 0.749. The summed E-state index contributed by atoms with van der Waals surface area (Å²) >= 11 is 3.99. The third-order valence-corrected chi connectivity index (χ3v) is 6.01. The molecule has 122 valence electrons. The number of thioether (sulfide) groups is 2. The Morgan fingerprint density at radius 3 is 2.32 bits per heavy atom. The van der Waals surface area contributed by atoms with Gasteiger partial charge in [-0.25, -0.2) is 0 Å². The van der Waals surface area contributed by atoms with Crippen molar-refractivity contribution in [2.75, 3.05) is 24.6 Å². The maximum absolute atomic E-state index is 12.2. The van der Waals surface area contributed by atoms with Crippen LogP contribution in [-0.4, -0.2) is 63.7 Å². The van der Waals surface area contributed by atoms with Gasteiger partial charge in [0.1, 0.15) is 0 Å². The first-order valence-corrected chi connectivity index (χ1v) is 9.53. The highest BCUT2D eigenvalue weighted by atomic mass is 32.2. The zero-order valence-corrected chi connectivity index (χ0v) is 14.8. The molecule has 0 aliphatic carbocycles. The van der Waals surface area contributed by atoms with E-state index in [9.17, 15) is 9.59 Å². The second kappa shape index (κ2) is 8.14. The van der Waals surface area contributed by atoms with E-state index in [1.54, 1.807) is 0 Å². The molecule has 0 saturated carbocycles. The molecule has 2 rings (SSSR count). The summed E-state index contributed by atoms with van der Waals surface area (Å²) in [5.74, 6) is 0.199. The van der Waals surface area contributed by atoms with E-state index < -0.39 is 0 Å². The number of carbonyl (C=O) groups is 2. The van der Waals surface area contributed by atoms with Crippen molar-refractivity contribution < 1.29 is 14.3 Å². The Hall–Kier alpha value is -0.840. The van der Waals surface area contributed by atoms with Gasteiger partial charge in [-0.3, -0.25) is 9.59 Å². The van der Waals surface area contributed by atoms with Crippen molar-refractivity contribution in [3.8, 4) is 0 Å². The first-order chi connectivity index (χ1) is 10.4. The van der Waals surface area contributed by atoms with Gasteiger partial charge in [-0.2, -0.15) is 0 Å². The number of morpholine rings is 1. The molecule has 1 aliphatic rings. The molecule has 22 heavy (non-hydrogen) atoms. The summed E-state index contributed by atoms with van der Waals surface area (Å²) in [6, 6.07) is 0. The number of carbonyl (C=O) groups excluding carboxylic acids is 2. The van der Waals surface area contributed by atoms with Gasteiger partial charge in [0.2, 0.25) is 11.8 Å². The van der Waals surface area contributed by atoms with Crippen molar-refractivity contribution in [2.45, 2.75) is 34.7 Å². The Morgan fingerprint density at radius 1 is 1.23 bits per heavy atom. The number of nitrogens with zero attached hydrogens (tertiary/aromatic N) is 3. The van der Waals surface area contributed by atoms with Crippen molar-refractivity contribution in [3.05, 3.63) is 0 Å². The van der Waals surface area contributed by atoms with E-state index in [1.807, 2.05) is 18.7 Å². The highest BCUT2D eigenvalue weighted by Crippen LogP contribution is 2.28. The molecule has 1 saturated heterocycles. The second-order valence-corrected chi connectivity index (χ2v) is 8.36. The molecule has 1 aromatic rings. The van der Waals surface area contributed by atoms with Gasteiger partial charge in [-0.15, -0.1) is 10.2 Å². The second-order valence-electron chi connectivity index (χ2n) is 4.93. The minimum Gasteiger partial charge on any atom is -0.372 e. The number of primary amides is 1. The molecule has 2 amide bonds. The lowest BCUT2D eigenvalue weighted by atomic mass is 10.2. The van der Waals surface area contributed by atoms with Gasteiger partial charge < -0.3 is 15.4 Å². The fourth-order valence-electron chi connectivity index (χ4n) is 2.04. The summed E-state index contributed by atoms with van der Waals surface area (Å²) in [7, 11) is 0. The Labute approximate surface area is 141 Å². The Balaban J connectivity index is 1.79. The number of amides is 2. The standard InChI is InChI=1S/C12H18N4O3S3/c1-7-3-16(4-8(2)19-7)10(18)6-21-12-15-14-11(22-12)20-5-9(13)17/h7-8H,3-6H2,1-2H3,(H2,13,17). The molecular formula is C12H18N4O3S3. The summed E-state index contributed by atoms with van der Waals surface area (Å²) in [5, 5.41) is 7.96. The normalized spacial score (nSPS) is 21.8. The lowest BCUT2D eigenvalue weighted by molar-refractivity contribution is -0.140. The fraction of sp³-hybridized carbons (Fsp3) is 0.667. The highest BCUT2D eigenvalue weighted by Gasteiger charge is 2.25. The van der Waals surface area contributed by atoms with E-state index in [0.717, 1.165) is 4.34 Å². The third kappa shape index (κ3) is 5.41. The van der Waals surface area contributed by atoms with E-state index >= 15 is 0 Å². The zero-order valence-electron chi connectivity index (χ0n) is 12.4. The molecule has 2 N–H and O–H groups in total. The Morgan fingerprint density at radius 2 is 1.77 bits per heavy atom. The van der Waals surface area contributed by atoms with Crippen molar-refractivity contribution in [1.29, 1.82) is 0 Å². The zero-order chi connectivity index (χ0) is 16.1. The van der Waals surface area contributed by atoms with Crippen LogP contribution in [0.2, 0.25) is 0 Å². The van der Waals surface area contributed by atoms with Crippen LogP contribution in [0.1, 0.15) is 13.8 Å². The molecule has 1 aromatic heterocycles. The predicted octanol–water partition coefficient (Wildman–Crippen LogP) is 0.843. The summed E-state index contributed by atoms with van der Waals surface area (Å²) in [4.78, 5) is 24.8. The smallest absolute Gasteiger partial charge is 0.233 e. The van der Waals surface area contributed by atoms with Crippen molar-refractivity contribution >= 4 is 46.7 Å². The average molecular weight is 363 g/mol. The van der Waals surface area contributed by atoms with Crippen LogP contribution in [0.4, 0.5) is 0 Å². The maximum Gasteiger partial charge on any atom is 0.233 e. The van der Waals surface area contributed by atoms with E-state index in [2.05, 4.69) is 10.2 Å². The molecule has 0 spiro atoms. The molecule has 2 atom stereocenters. The van der Waals surface area contributed by atoms with E-state index in [4.69, 9.17) is 10.5 Å². The minimum atomic E-state index is -0.389. The molecule has 2 heterocycles. The summed E-state index contributed by atoms with van der Waals surface area (Å²) in [5.41, 5.74) is 5.08. The maximum atomic E-state index is 12.2. The monoisotopic (exact) mass is 362 g/mol. The van der Waals surface area contributed by atoms with Crippen LogP contribution >= 0.6 is 34.9 Å². The van der Waals surface area contributed by atoms with Crippen molar-refractivity contribution in [1.82, 2.24) is 15.1 Å². The van der Waals surface area contributed by atoms with Crippen molar-refractivity contribution in [2.24, 2.45) is 5.73 Å². The van der Waals surface area contributed by atoms with E-state index in [-0.39, 0.29) is 29.8 Å². The Kier molecular flexibility index (Phi) is 6.48. The van der Waals surface area contributed by atoms with Crippen LogP contribution in [0.25, 0.3) is 0 Å². The van der Waals surface area contributed by atoms with Crippen LogP contribution < -0.4 is 5.73 Å². The lowest BCUT2D eigenvalue weighted by Gasteiger charge is -2.35. The van der Waals surface area contributed by atoms with E-state index in [1.165, 1.54) is 34.9 Å². The van der Waals surface area contributed by atoms with Crippen LogP contribution in [0.5, 0.6) is 0 Å². The summed E-state index contributed by atoms with van der Waals surface area (Å²) in [6.07, 6.45) is 0.132. The largest absolute Gasteiger partial charge is 0.372 e.